The number of rotatable bonds is 8. The lowest BCUT2D eigenvalue weighted by Gasteiger charge is -2.15. The van der Waals surface area contributed by atoms with Crippen LogP contribution >= 0.6 is 11.6 Å². The zero-order valence-corrected chi connectivity index (χ0v) is 16.7. The second kappa shape index (κ2) is 10.5. The number of hydrogen-bond acceptors (Lipinski definition) is 3. The Morgan fingerprint density at radius 1 is 1.07 bits per heavy atom. The molecule has 0 fully saturated rings. The van der Waals surface area contributed by atoms with Crippen molar-refractivity contribution in [2.75, 3.05) is 11.9 Å². The third kappa shape index (κ3) is 7.04. The molecule has 0 radical (unpaired) electrons. The van der Waals surface area contributed by atoms with Crippen LogP contribution in [0.1, 0.15) is 48.7 Å². The first kappa shape index (κ1) is 21.4. The molecular weight excluding hydrogens is 378 g/mol. The van der Waals surface area contributed by atoms with Crippen molar-refractivity contribution >= 4 is 35.0 Å². The molecule has 148 valence electrons. The molecule has 0 aliphatic heterocycles. The molecule has 0 saturated carbocycles. The maximum Gasteiger partial charge on any atom is 0.251 e. The van der Waals surface area contributed by atoms with Gasteiger partial charge in [0.1, 0.15) is 0 Å². The maximum absolute atomic E-state index is 12.1. The molecule has 1 unspecified atom stereocenters. The highest BCUT2D eigenvalue weighted by molar-refractivity contribution is 6.30. The SMILES string of the molecule is CC(=O)Nc1cccc(C(C)NC(=O)CCCNC(=O)c2ccc(Cl)cc2)c1. The van der Waals surface area contributed by atoms with Crippen LogP contribution in [0.5, 0.6) is 0 Å². The summed E-state index contributed by atoms with van der Waals surface area (Å²) < 4.78 is 0. The fourth-order valence-corrected chi connectivity index (χ4v) is 2.77. The molecule has 0 heterocycles. The molecule has 0 saturated heterocycles. The predicted octanol–water partition coefficient (Wildman–Crippen LogP) is 3.69. The summed E-state index contributed by atoms with van der Waals surface area (Å²) in [6, 6.07) is 13.8. The highest BCUT2D eigenvalue weighted by Gasteiger charge is 2.11. The van der Waals surface area contributed by atoms with Crippen LogP contribution < -0.4 is 16.0 Å². The molecule has 0 spiro atoms. The second-order valence-electron chi connectivity index (χ2n) is 6.46. The maximum atomic E-state index is 12.1. The van der Waals surface area contributed by atoms with Gasteiger partial charge in [-0.05, 0) is 55.3 Å². The lowest BCUT2D eigenvalue weighted by atomic mass is 10.1. The van der Waals surface area contributed by atoms with Crippen molar-refractivity contribution in [3.8, 4) is 0 Å². The topological polar surface area (TPSA) is 87.3 Å². The predicted molar refractivity (Wildman–Crippen MR) is 110 cm³/mol. The first-order valence-corrected chi connectivity index (χ1v) is 9.43. The molecule has 2 aromatic carbocycles. The summed E-state index contributed by atoms with van der Waals surface area (Å²) in [7, 11) is 0. The van der Waals surface area contributed by atoms with Crippen molar-refractivity contribution in [1.29, 1.82) is 0 Å². The average molecular weight is 402 g/mol. The molecule has 6 nitrogen and oxygen atoms in total. The Balaban J connectivity index is 1.74. The number of anilines is 1. The number of benzene rings is 2. The van der Waals surface area contributed by atoms with E-state index in [1.807, 2.05) is 25.1 Å². The van der Waals surface area contributed by atoms with Crippen molar-refractivity contribution < 1.29 is 14.4 Å². The van der Waals surface area contributed by atoms with E-state index in [0.717, 1.165) is 5.56 Å². The van der Waals surface area contributed by atoms with E-state index in [-0.39, 0.29) is 23.8 Å². The average Bonchev–Trinajstić information content (AvgIpc) is 2.65. The summed E-state index contributed by atoms with van der Waals surface area (Å²) in [5, 5.41) is 9.00. The van der Waals surface area contributed by atoms with Crippen molar-refractivity contribution in [2.24, 2.45) is 0 Å². The minimum absolute atomic E-state index is 0.0989. The van der Waals surface area contributed by atoms with Crippen LogP contribution in [0.3, 0.4) is 0 Å². The Kier molecular flexibility index (Phi) is 8.02. The quantitative estimate of drug-likeness (QED) is 0.589. The Labute approximate surface area is 169 Å². The highest BCUT2D eigenvalue weighted by Crippen LogP contribution is 2.17. The first-order chi connectivity index (χ1) is 13.3. The molecule has 0 aromatic heterocycles. The van der Waals surface area contributed by atoms with Gasteiger partial charge in [0.15, 0.2) is 0 Å². The summed E-state index contributed by atoms with van der Waals surface area (Å²) in [4.78, 5) is 35.3. The van der Waals surface area contributed by atoms with Crippen LogP contribution in [0.15, 0.2) is 48.5 Å². The summed E-state index contributed by atoms with van der Waals surface area (Å²) >= 11 is 5.80. The molecule has 3 amide bonds. The monoisotopic (exact) mass is 401 g/mol. The molecule has 3 N–H and O–H groups in total. The van der Waals surface area contributed by atoms with Gasteiger partial charge in [0.25, 0.3) is 5.91 Å². The second-order valence-corrected chi connectivity index (χ2v) is 6.90. The summed E-state index contributed by atoms with van der Waals surface area (Å²) in [5.74, 6) is -0.437. The number of carbonyl (C=O) groups excluding carboxylic acids is 3. The van der Waals surface area contributed by atoms with Crippen LogP contribution in [-0.4, -0.2) is 24.3 Å². The number of hydrogen-bond donors (Lipinski definition) is 3. The molecular formula is C21H24ClN3O3. The zero-order valence-electron chi connectivity index (χ0n) is 15.9. The van der Waals surface area contributed by atoms with Gasteiger partial charge >= 0.3 is 0 Å². The highest BCUT2D eigenvalue weighted by atomic mass is 35.5. The molecule has 2 aromatic rings. The number of nitrogens with one attached hydrogen (secondary N) is 3. The van der Waals surface area contributed by atoms with Crippen LogP contribution in [0, 0.1) is 0 Å². The normalized spacial score (nSPS) is 11.4. The number of halogens is 1. The van der Waals surface area contributed by atoms with Crippen LogP contribution in [0.4, 0.5) is 5.69 Å². The number of amides is 3. The fourth-order valence-electron chi connectivity index (χ4n) is 2.64. The van der Waals surface area contributed by atoms with Crippen molar-refractivity contribution in [1.82, 2.24) is 10.6 Å². The Hall–Kier alpha value is -2.86. The van der Waals surface area contributed by atoms with E-state index < -0.39 is 0 Å². The largest absolute Gasteiger partial charge is 0.352 e. The van der Waals surface area contributed by atoms with Gasteiger partial charge in [-0.1, -0.05) is 23.7 Å². The molecule has 0 aliphatic rings. The van der Waals surface area contributed by atoms with Gasteiger partial charge < -0.3 is 16.0 Å². The minimum Gasteiger partial charge on any atom is -0.352 e. The van der Waals surface area contributed by atoms with E-state index in [2.05, 4.69) is 16.0 Å². The van der Waals surface area contributed by atoms with Crippen LogP contribution in [0.25, 0.3) is 0 Å². The Morgan fingerprint density at radius 3 is 2.46 bits per heavy atom. The van der Waals surface area contributed by atoms with Crippen molar-refractivity contribution in [3.63, 3.8) is 0 Å². The van der Waals surface area contributed by atoms with Gasteiger partial charge in [0.05, 0.1) is 6.04 Å². The Morgan fingerprint density at radius 2 is 1.79 bits per heavy atom. The third-order valence-electron chi connectivity index (χ3n) is 4.06. The Bertz CT molecular complexity index is 837. The number of carbonyl (C=O) groups is 3. The molecule has 0 aliphatic carbocycles. The minimum atomic E-state index is -0.194. The molecule has 2 rings (SSSR count). The summed E-state index contributed by atoms with van der Waals surface area (Å²) in [5.41, 5.74) is 2.12. The lowest BCUT2D eigenvalue weighted by molar-refractivity contribution is -0.121. The first-order valence-electron chi connectivity index (χ1n) is 9.06. The molecule has 7 heteroatoms. The van der Waals surface area contributed by atoms with Crippen LogP contribution in [-0.2, 0) is 9.59 Å². The van der Waals surface area contributed by atoms with Crippen LogP contribution in [0.2, 0.25) is 5.02 Å². The summed E-state index contributed by atoms with van der Waals surface area (Å²) in [6.07, 6.45) is 0.834. The van der Waals surface area contributed by atoms with Crippen molar-refractivity contribution in [3.05, 3.63) is 64.7 Å². The summed E-state index contributed by atoms with van der Waals surface area (Å²) in [6.45, 7) is 3.73. The smallest absolute Gasteiger partial charge is 0.251 e. The molecule has 28 heavy (non-hydrogen) atoms. The third-order valence-corrected chi connectivity index (χ3v) is 4.31. The molecule has 0 bridgehead atoms. The molecule has 1 atom stereocenters. The standard InChI is InChI=1S/C21H24ClN3O3/c1-14(17-5-3-6-19(13-17)25-15(2)26)24-20(27)7-4-12-23-21(28)16-8-10-18(22)11-9-16/h3,5-6,8-11,13-14H,4,7,12H2,1-2H3,(H,23,28)(H,24,27)(H,25,26). The van der Waals surface area contributed by atoms with Gasteiger partial charge in [0.2, 0.25) is 11.8 Å². The zero-order chi connectivity index (χ0) is 20.5. The van der Waals surface area contributed by atoms with E-state index in [9.17, 15) is 14.4 Å². The van der Waals surface area contributed by atoms with E-state index in [0.29, 0.717) is 35.7 Å². The van der Waals surface area contributed by atoms with Crippen molar-refractivity contribution in [2.45, 2.75) is 32.7 Å². The van der Waals surface area contributed by atoms with Gasteiger partial charge in [-0.2, -0.15) is 0 Å². The lowest BCUT2D eigenvalue weighted by Crippen LogP contribution is -2.29. The van der Waals surface area contributed by atoms with E-state index in [1.54, 1.807) is 30.3 Å². The van der Waals surface area contributed by atoms with Gasteiger partial charge in [-0.25, -0.2) is 0 Å². The van der Waals surface area contributed by atoms with E-state index in [4.69, 9.17) is 11.6 Å². The van der Waals surface area contributed by atoms with Gasteiger partial charge in [-0.3, -0.25) is 14.4 Å². The van der Waals surface area contributed by atoms with Gasteiger partial charge in [0, 0.05) is 36.2 Å². The fraction of sp³-hybridized carbons (Fsp3) is 0.286. The van der Waals surface area contributed by atoms with Gasteiger partial charge in [-0.15, -0.1) is 0 Å². The van der Waals surface area contributed by atoms with E-state index >= 15 is 0 Å². The van der Waals surface area contributed by atoms with E-state index in [1.165, 1.54) is 6.92 Å².